The molecule has 1 rings (SSSR count). The highest BCUT2D eigenvalue weighted by atomic mass is 32.1. The highest BCUT2D eigenvalue weighted by Gasteiger charge is 2.25. The van der Waals surface area contributed by atoms with E-state index in [1.54, 1.807) is 0 Å². The zero-order valence-corrected chi connectivity index (χ0v) is 9.78. The topological polar surface area (TPSA) is 115 Å². The van der Waals surface area contributed by atoms with Crippen molar-refractivity contribution in [3.05, 3.63) is 29.6 Å². The average molecular weight is 252 g/mol. The lowest BCUT2D eigenvalue weighted by molar-refractivity contribution is 0.0695. The second-order valence-corrected chi connectivity index (χ2v) is 3.67. The van der Waals surface area contributed by atoms with Gasteiger partial charge in [0.2, 0.25) is 0 Å². The molecular weight excluding hydrogens is 240 g/mol. The zero-order valence-electron chi connectivity index (χ0n) is 8.96. The summed E-state index contributed by atoms with van der Waals surface area (Å²) >= 11 is 4.48. The third-order valence-electron chi connectivity index (χ3n) is 2.22. The van der Waals surface area contributed by atoms with Crippen LogP contribution in [0, 0.1) is 0 Å². The average Bonchev–Trinajstić information content (AvgIpc) is 2.29. The molecule has 1 unspecified atom stereocenters. The molecule has 1 atom stereocenters. The van der Waals surface area contributed by atoms with Crippen LogP contribution in [-0.4, -0.2) is 33.4 Å². The van der Waals surface area contributed by atoms with E-state index in [0.29, 0.717) is 5.69 Å². The highest BCUT2D eigenvalue weighted by Crippen LogP contribution is 2.13. The Kier molecular flexibility index (Phi) is 4.42. The summed E-state index contributed by atoms with van der Waals surface area (Å²) in [4.78, 5) is 18.7. The van der Waals surface area contributed by atoms with Gasteiger partial charge in [0.25, 0.3) is 0 Å². The van der Waals surface area contributed by atoms with Gasteiger partial charge in [-0.2, -0.15) is 0 Å². The van der Waals surface area contributed by atoms with Crippen LogP contribution in [0.15, 0.2) is 23.3 Å². The number of hydrogen-bond donors (Lipinski definition) is 3. The molecule has 0 bridgehead atoms. The van der Waals surface area contributed by atoms with Crippen LogP contribution in [0.4, 0.5) is 0 Å². The van der Waals surface area contributed by atoms with Crippen molar-refractivity contribution in [1.29, 1.82) is 0 Å². The third kappa shape index (κ3) is 3.40. The number of aromatic carboxylic acids is 1. The number of carboxylic acids is 1. The molecule has 90 valence electrons. The summed E-state index contributed by atoms with van der Waals surface area (Å²) in [5.41, 5.74) is 10.6. The van der Waals surface area contributed by atoms with E-state index in [-0.39, 0.29) is 18.5 Å². The smallest absolute Gasteiger partial charge is 0.337 e. The largest absolute Gasteiger partial charge is 0.478 e. The Hall–Kier alpha value is -1.66. The van der Waals surface area contributed by atoms with Crippen LogP contribution >= 0.6 is 12.2 Å². The molecule has 7 heteroatoms. The molecule has 0 saturated heterocycles. The van der Waals surface area contributed by atoms with Crippen LogP contribution in [0.25, 0.3) is 0 Å². The molecule has 1 aromatic rings. The number of isothiocyanates is 1. The van der Waals surface area contributed by atoms with Crippen molar-refractivity contribution in [3.8, 4) is 0 Å². The number of nitrogens with zero attached hydrogens (tertiary/aromatic N) is 2. The van der Waals surface area contributed by atoms with E-state index in [9.17, 15) is 4.79 Å². The molecular formula is C10H12N4O2S. The third-order valence-corrected chi connectivity index (χ3v) is 2.31. The Balaban J connectivity index is 3.09. The maximum absolute atomic E-state index is 11.0. The van der Waals surface area contributed by atoms with Gasteiger partial charge in [0.05, 0.1) is 16.4 Å². The van der Waals surface area contributed by atoms with Crippen LogP contribution in [0.5, 0.6) is 0 Å². The summed E-state index contributed by atoms with van der Waals surface area (Å²) in [5, 5.41) is 11.1. The number of aliphatic imine (C=N–C) groups is 1. The van der Waals surface area contributed by atoms with Gasteiger partial charge in [0, 0.05) is 19.2 Å². The van der Waals surface area contributed by atoms with Crippen molar-refractivity contribution < 1.29 is 9.90 Å². The number of rotatable bonds is 5. The lowest BCUT2D eigenvalue weighted by atomic mass is 10.0. The van der Waals surface area contributed by atoms with Crippen molar-refractivity contribution >= 4 is 23.3 Å². The van der Waals surface area contributed by atoms with Gasteiger partial charge in [0.1, 0.15) is 5.66 Å². The predicted octanol–water partition coefficient (Wildman–Crippen LogP) is 0.0388. The monoisotopic (exact) mass is 252 g/mol. The van der Waals surface area contributed by atoms with Crippen molar-refractivity contribution in [3.63, 3.8) is 0 Å². The maximum atomic E-state index is 11.0. The fourth-order valence-electron chi connectivity index (χ4n) is 1.31. The Morgan fingerprint density at radius 2 is 2.41 bits per heavy atom. The molecule has 6 nitrogen and oxygen atoms in total. The molecule has 0 amide bonds. The van der Waals surface area contributed by atoms with Crippen molar-refractivity contribution in [1.82, 2.24) is 4.98 Å². The Labute approximate surface area is 103 Å². The summed E-state index contributed by atoms with van der Waals surface area (Å²) in [6.07, 6.45) is 1.58. The van der Waals surface area contributed by atoms with Crippen molar-refractivity contribution in [2.75, 3.05) is 6.54 Å². The summed E-state index contributed by atoms with van der Waals surface area (Å²) in [6, 6.07) is 2.98. The van der Waals surface area contributed by atoms with Gasteiger partial charge in [-0.3, -0.25) is 4.98 Å². The van der Waals surface area contributed by atoms with Gasteiger partial charge < -0.3 is 16.6 Å². The first kappa shape index (κ1) is 13.4. The number of thiocarbonyl (C=S) groups is 1. The predicted molar refractivity (Wildman–Crippen MR) is 65.9 cm³/mol. The molecule has 5 N–H and O–H groups in total. The van der Waals surface area contributed by atoms with E-state index in [4.69, 9.17) is 16.6 Å². The van der Waals surface area contributed by atoms with Gasteiger partial charge >= 0.3 is 5.97 Å². The normalized spacial score (nSPS) is 13.5. The number of pyridine rings is 1. The fourth-order valence-corrected chi connectivity index (χ4v) is 1.49. The van der Waals surface area contributed by atoms with Gasteiger partial charge in [0.15, 0.2) is 0 Å². The lowest BCUT2D eigenvalue weighted by Crippen LogP contribution is -2.47. The Morgan fingerprint density at radius 1 is 1.71 bits per heavy atom. The molecule has 0 saturated carbocycles. The molecule has 0 aliphatic heterocycles. The number of aromatic nitrogens is 1. The van der Waals surface area contributed by atoms with Gasteiger partial charge in [-0.15, -0.1) is 0 Å². The minimum Gasteiger partial charge on any atom is -0.478 e. The number of hydrogen-bond acceptors (Lipinski definition) is 6. The second kappa shape index (κ2) is 5.60. The van der Waals surface area contributed by atoms with E-state index < -0.39 is 11.6 Å². The van der Waals surface area contributed by atoms with Crippen LogP contribution < -0.4 is 11.5 Å². The van der Waals surface area contributed by atoms with E-state index in [0.717, 1.165) is 0 Å². The standard InChI is InChI=1S/C10H12N4O2S/c11-5-10(12,14-6-17)4-8-7(9(15)16)2-1-3-13-8/h1-3H,4-5,11-12H2,(H,15,16). The van der Waals surface area contributed by atoms with E-state index in [1.807, 2.05) is 0 Å². The molecule has 1 heterocycles. The SMILES string of the molecule is NCC(N)(Cc1ncccc1C(=O)O)N=C=S. The van der Waals surface area contributed by atoms with Crippen molar-refractivity contribution in [2.24, 2.45) is 16.5 Å². The molecule has 17 heavy (non-hydrogen) atoms. The minimum atomic E-state index is -1.17. The van der Waals surface area contributed by atoms with Gasteiger partial charge in [-0.05, 0) is 24.4 Å². The summed E-state index contributed by atoms with van der Waals surface area (Å²) in [7, 11) is 0. The first-order valence-electron chi connectivity index (χ1n) is 4.77. The minimum absolute atomic E-state index is 0.0201. The van der Waals surface area contributed by atoms with E-state index >= 15 is 0 Å². The summed E-state index contributed by atoms with van der Waals surface area (Å²) in [6.45, 7) is 0.0201. The molecule has 0 aromatic carbocycles. The number of carboxylic acid groups (broad SMARTS) is 1. The molecule has 1 aromatic heterocycles. The van der Waals surface area contributed by atoms with Crippen LogP contribution in [0.1, 0.15) is 16.1 Å². The molecule has 0 spiro atoms. The van der Waals surface area contributed by atoms with Gasteiger partial charge in [-0.25, -0.2) is 9.79 Å². The number of nitrogens with two attached hydrogens (primary N) is 2. The first-order chi connectivity index (χ1) is 8.02. The molecule has 0 aliphatic rings. The Morgan fingerprint density at radius 3 is 2.94 bits per heavy atom. The lowest BCUT2D eigenvalue weighted by Gasteiger charge is -2.21. The van der Waals surface area contributed by atoms with Crippen LogP contribution in [-0.2, 0) is 6.42 Å². The number of carbonyl (C=O) groups is 1. The molecule has 0 aliphatic carbocycles. The second-order valence-electron chi connectivity index (χ2n) is 3.49. The van der Waals surface area contributed by atoms with E-state index in [2.05, 4.69) is 27.4 Å². The van der Waals surface area contributed by atoms with Crippen molar-refractivity contribution in [2.45, 2.75) is 12.1 Å². The van der Waals surface area contributed by atoms with Crippen LogP contribution in [0.2, 0.25) is 0 Å². The summed E-state index contributed by atoms with van der Waals surface area (Å²) in [5.74, 6) is -1.07. The molecule has 0 radical (unpaired) electrons. The maximum Gasteiger partial charge on any atom is 0.337 e. The fraction of sp³-hybridized carbons (Fsp3) is 0.300. The quantitative estimate of drug-likeness (QED) is 0.503. The highest BCUT2D eigenvalue weighted by molar-refractivity contribution is 7.78. The van der Waals surface area contributed by atoms with E-state index in [1.165, 1.54) is 18.3 Å². The zero-order chi connectivity index (χ0) is 12.9. The van der Waals surface area contributed by atoms with Gasteiger partial charge in [-0.1, -0.05) is 0 Å². The van der Waals surface area contributed by atoms with Crippen LogP contribution in [0.3, 0.4) is 0 Å². The Bertz CT molecular complexity index is 473. The summed E-state index contributed by atoms with van der Waals surface area (Å²) < 4.78 is 0. The molecule has 0 fully saturated rings. The first-order valence-corrected chi connectivity index (χ1v) is 5.18.